The van der Waals surface area contributed by atoms with Crippen LogP contribution in [0.4, 0.5) is 13.2 Å². The maximum Gasteiger partial charge on any atom is 0.416 e. The molecule has 2 amide bonds. The molecule has 1 N–H and O–H groups in total. The lowest BCUT2D eigenvalue weighted by Crippen LogP contribution is -2.35. The third-order valence-corrected chi connectivity index (χ3v) is 4.86. The van der Waals surface area contributed by atoms with E-state index in [1.165, 1.54) is 29.4 Å². The van der Waals surface area contributed by atoms with Gasteiger partial charge in [-0.3, -0.25) is 14.6 Å². The molecule has 0 radical (unpaired) electrons. The van der Waals surface area contributed by atoms with Crippen molar-refractivity contribution in [3.63, 3.8) is 0 Å². The number of nitrogens with zero attached hydrogens (tertiary/aromatic N) is 3. The minimum Gasteiger partial charge on any atom is -0.352 e. The largest absolute Gasteiger partial charge is 0.416 e. The number of hydrogen-bond donors (Lipinski definition) is 1. The quantitative estimate of drug-likeness (QED) is 0.553. The molecule has 1 heterocycles. The van der Waals surface area contributed by atoms with Crippen molar-refractivity contribution in [1.82, 2.24) is 20.2 Å². The van der Waals surface area contributed by atoms with Gasteiger partial charge in [0.15, 0.2) is 0 Å². The van der Waals surface area contributed by atoms with Crippen LogP contribution in [0.25, 0.3) is 0 Å². The minimum absolute atomic E-state index is 0.0170. The van der Waals surface area contributed by atoms with E-state index in [-0.39, 0.29) is 43.6 Å². The number of rotatable bonds is 8. The molecular formula is C24H23F3N4O2. The highest BCUT2D eigenvalue weighted by Gasteiger charge is 2.30. The second kappa shape index (κ2) is 10.7. The highest BCUT2D eigenvalue weighted by molar-refractivity contribution is 5.92. The fraction of sp³-hybridized carbons (Fsp3) is 0.250. The van der Waals surface area contributed by atoms with E-state index < -0.39 is 11.7 Å². The van der Waals surface area contributed by atoms with Crippen LogP contribution in [-0.2, 0) is 24.1 Å². The first-order valence-electron chi connectivity index (χ1n) is 10.3. The van der Waals surface area contributed by atoms with Crippen LogP contribution in [0.2, 0.25) is 0 Å². The number of benzene rings is 2. The highest BCUT2D eigenvalue weighted by Crippen LogP contribution is 2.29. The van der Waals surface area contributed by atoms with Gasteiger partial charge in [-0.2, -0.15) is 13.2 Å². The van der Waals surface area contributed by atoms with Crippen LogP contribution in [0.5, 0.6) is 0 Å². The molecule has 3 rings (SSSR count). The summed E-state index contributed by atoms with van der Waals surface area (Å²) in [4.78, 5) is 35.1. The molecule has 9 heteroatoms. The van der Waals surface area contributed by atoms with Gasteiger partial charge in [-0.1, -0.05) is 42.5 Å². The number of alkyl halides is 3. The predicted octanol–water partition coefficient (Wildman–Crippen LogP) is 4.15. The van der Waals surface area contributed by atoms with E-state index in [0.29, 0.717) is 11.3 Å². The zero-order valence-electron chi connectivity index (χ0n) is 18.0. The number of aryl methyl sites for hydroxylation is 1. The number of carbonyl (C=O) groups is 2. The Bertz CT molecular complexity index is 1090. The normalized spacial score (nSPS) is 11.2. The van der Waals surface area contributed by atoms with E-state index in [2.05, 4.69) is 15.3 Å². The number of halogens is 3. The molecule has 0 spiro atoms. The van der Waals surface area contributed by atoms with Crippen LogP contribution < -0.4 is 5.32 Å². The van der Waals surface area contributed by atoms with Crippen molar-refractivity contribution < 1.29 is 22.8 Å². The Labute approximate surface area is 189 Å². The third-order valence-electron chi connectivity index (χ3n) is 4.86. The summed E-state index contributed by atoms with van der Waals surface area (Å²) in [6, 6.07) is 14.1. The second-order valence-electron chi connectivity index (χ2n) is 7.48. The fourth-order valence-electron chi connectivity index (χ4n) is 3.10. The topological polar surface area (TPSA) is 75.2 Å². The number of nitrogens with one attached hydrogen (secondary N) is 1. The van der Waals surface area contributed by atoms with E-state index >= 15 is 0 Å². The van der Waals surface area contributed by atoms with Crippen LogP contribution in [0.3, 0.4) is 0 Å². The molecule has 0 aliphatic rings. The van der Waals surface area contributed by atoms with Crippen LogP contribution in [0.1, 0.15) is 39.3 Å². The summed E-state index contributed by atoms with van der Waals surface area (Å²) < 4.78 is 38.6. The molecule has 172 valence electrons. The monoisotopic (exact) mass is 456 g/mol. The Balaban J connectivity index is 1.63. The number of hydrogen-bond acceptors (Lipinski definition) is 4. The van der Waals surface area contributed by atoms with Gasteiger partial charge in [-0.25, -0.2) is 4.98 Å². The molecule has 0 aliphatic heterocycles. The van der Waals surface area contributed by atoms with E-state index in [0.717, 1.165) is 17.7 Å². The molecule has 0 atom stereocenters. The standard InChI is InChI=1S/C24H23F3N4O2/c1-17-13-29-21(15-28-17)23(33)31(16-18-6-3-2-4-7-18)11-10-22(32)30-14-19-8-5-9-20(12-19)24(25,26)27/h2-9,12-13,15H,10-11,14,16H2,1H3,(H,30,32). The molecular weight excluding hydrogens is 433 g/mol. The maximum atomic E-state index is 13.0. The Morgan fingerprint density at radius 2 is 1.70 bits per heavy atom. The van der Waals surface area contributed by atoms with Gasteiger partial charge in [0.2, 0.25) is 5.91 Å². The first kappa shape index (κ1) is 23.9. The SMILES string of the molecule is Cc1cnc(C(=O)N(CCC(=O)NCc2cccc(C(F)(F)F)c2)Cc2ccccc2)cn1. The molecule has 2 aromatic carbocycles. The number of amides is 2. The molecule has 0 aliphatic carbocycles. The second-order valence-corrected chi connectivity index (χ2v) is 7.48. The smallest absolute Gasteiger partial charge is 0.352 e. The maximum absolute atomic E-state index is 13.0. The molecule has 0 saturated carbocycles. The molecule has 0 saturated heterocycles. The Kier molecular flexibility index (Phi) is 7.76. The summed E-state index contributed by atoms with van der Waals surface area (Å²) in [6.07, 6.45) is -1.58. The van der Waals surface area contributed by atoms with Crippen LogP contribution >= 0.6 is 0 Å². The van der Waals surface area contributed by atoms with Gasteiger partial charge in [0, 0.05) is 32.3 Å². The van der Waals surface area contributed by atoms with Crippen molar-refractivity contribution >= 4 is 11.8 Å². The average Bonchev–Trinajstić information content (AvgIpc) is 2.81. The average molecular weight is 456 g/mol. The van der Waals surface area contributed by atoms with Crippen molar-refractivity contribution in [2.45, 2.75) is 32.6 Å². The van der Waals surface area contributed by atoms with E-state index in [1.54, 1.807) is 6.92 Å². The summed E-state index contributed by atoms with van der Waals surface area (Å²) in [5.74, 6) is -0.745. The fourth-order valence-corrected chi connectivity index (χ4v) is 3.10. The summed E-state index contributed by atoms with van der Waals surface area (Å²) in [6.45, 7) is 2.10. The molecule has 6 nitrogen and oxygen atoms in total. The van der Waals surface area contributed by atoms with E-state index in [9.17, 15) is 22.8 Å². The van der Waals surface area contributed by atoms with Crippen molar-refractivity contribution in [1.29, 1.82) is 0 Å². The Hall–Kier alpha value is -3.75. The van der Waals surface area contributed by atoms with Crippen molar-refractivity contribution in [3.05, 3.63) is 95.1 Å². The number of carbonyl (C=O) groups excluding carboxylic acids is 2. The van der Waals surface area contributed by atoms with Gasteiger partial charge >= 0.3 is 6.18 Å². The van der Waals surface area contributed by atoms with Crippen molar-refractivity contribution in [2.24, 2.45) is 0 Å². The molecule has 0 unspecified atom stereocenters. The summed E-state index contributed by atoms with van der Waals surface area (Å²) in [5.41, 5.74) is 1.30. The van der Waals surface area contributed by atoms with Crippen molar-refractivity contribution in [3.8, 4) is 0 Å². The molecule has 33 heavy (non-hydrogen) atoms. The lowest BCUT2D eigenvalue weighted by Gasteiger charge is -2.22. The van der Waals surface area contributed by atoms with E-state index in [4.69, 9.17) is 0 Å². The van der Waals surface area contributed by atoms with Crippen LogP contribution in [0.15, 0.2) is 67.0 Å². The first-order chi connectivity index (χ1) is 15.7. The third kappa shape index (κ3) is 7.13. The molecule has 1 aromatic heterocycles. The van der Waals surface area contributed by atoms with Gasteiger partial charge in [0.05, 0.1) is 17.5 Å². The lowest BCUT2D eigenvalue weighted by atomic mass is 10.1. The van der Waals surface area contributed by atoms with Gasteiger partial charge in [0.1, 0.15) is 5.69 Å². The van der Waals surface area contributed by atoms with E-state index in [1.807, 2.05) is 30.3 Å². The summed E-state index contributed by atoms with van der Waals surface area (Å²) >= 11 is 0. The zero-order chi connectivity index (χ0) is 23.8. The molecule has 3 aromatic rings. The van der Waals surface area contributed by atoms with Crippen LogP contribution in [0, 0.1) is 6.92 Å². The summed E-state index contributed by atoms with van der Waals surface area (Å²) in [5, 5.41) is 2.61. The lowest BCUT2D eigenvalue weighted by molar-refractivity contribution is -0.137. The predicted molar refractivity (Wildman–Crippen MR) is 116 cm³/mol. The molecule has 0 bridgehead atoms. The van der Waals surface area contributed by atoms with Crippen LogP contribution in [-0.4, -0.2) is 33.2 Å². The van der Waals surface area contributed by atoms with Gasteiger partial charge in [-0.15, -0.1) is 0 Å². The van der Waals surface area contributed by atoms with Gasteiger partial charge in [-0.05, 0) is 30.2 Å². The van der Waals surface area contributed by atoms with Gasteiger partial charge in [0.25, 0.3) is 5.91 Å². The minimum atomic E-state index is -4.45. The van der Waals surface area contributed by atoms with Crippen molar-refractivity contribution in [2.75, 3.05) is 6.54 Å². The zero-order valence-corrected chi connectivity index (χ0v) is 18.0. The Morgan fingerprint density at radius 1 is 0.970 bits per heavy atom. The Morgan fingerprint density at radius 3 is 2.36 bits per heavy atom. The first-order valence-corrected chi connectivity index (χ1v) is 10.3. The number of aromatic nitrogens is 2. The molecule has 0 fully saturated rings. The summed E-state index contributed by atoms with van der Waals surface area (Å²) in [7, 11) is 0. The highest BCUT2D eigenvalue weighted by atomic mass is 19.4. The van der Waals surface area contributed by atoms with Gasteiger partial charge < -0.3 is 10.2 Å².